The van der Waals surface area contributed by atoms with Gasteiger partial charge in [-0.05, 0) is 18.2 Å². The fourth-order valence-corrected chi connectivity index (χ4v) is 1.81. The molecule has 22 heavy (non-hydrogen) atoms. The molecule has 0 bridgehead atoms. The maximum atomic E-state index is 13.5. The summed E-state index contributed by atoms with van der Waals surface area (Å²) in [6.07, 6.45) is -7.10. The Hall–Kier alpha value is -1.68. The number of anilines is 1. The Morgan fingerprint density at radius 2 is 1.95 bits per heavy atom. The van der Waals surface area contributed by atoms with Crippen molar-refractivity contribution in [3.05, 3.63) is 28.5 Å². The van der Waals surface area contributed by atoms with E-state index in [4.69, 9.17) is 0 Å². The molecule has 10 heteroatoms. The number of carbonyl (C=O) groups is 2. The van der Waals surface area contributed by atoms with Crippen LogP contribution in [0.25, 0.3) is 0 Å². The molecule has 1 unspecified atom stereocenters. The van der Waals surface area contributed by atoms with Gasteiger partial charge in [0.25, 0.3) is 5.60 Å². The van der Waals surface area contributed by atoms with Crippen LogP contribution in [-0.2, 0) is 14.3 Å². The lowest BCUT2D eigenvalue weighted by atomic mass is 9.98. The molecule has 1 aromatic rings. The molecule has 1 aromatic carbocycles. The predicted octanol–water partition coefficient (Wildman–Crippen LogP) is 2.38. The van der Waals surface area contributed by atoms with Crippen molar-refractivity contribution in [1.82, 2.24) is 0 Å². The molecule has 122 valence electrons. The number of aliphatic hydroxyl groups is 1. The second kappa shape index (κ2) is 6.61. The molecule has 1 amide bonds. The molecule has 0 fully saturated rings. The predicted molar refractivity (Wildman–Crippen MR) is 70.4 cm³/mol. The number of nitrogens with one attached hydrogen (secondary N) is 1. The fraction of sp³-hybridized carbons (Fsp3) is 0.333. The zero-order chi connectivity index (χ0) is 17.1. The first kappa shape index (κ1) is 18.4. The molecular weight excluding hydrogens is 378 g/mol. The van der Waals surface area contributed by atoms with Gasteiger partial charge in [0, 0.05) is 4.47 Å². The van der Waals surface area contributed by atoms with Crippen molar-refractivity contribution in [1.29, 1.82) is 0 Å². The van der Waals surface area contributed by atoms with Crippen molar-refractivity contribution in [2.24, 2.45) is 0 Å². The third-order valence-corrected chi connectivity index (χ3v) is 3.11. The van der Waals surface area contributed by atoms with E-state index in [-0.39, 0.29) is 0 Å². The van der Waals surface area contributed by atoms with E-state index in [0.717, 1.165) is 12.1 Å². The molecule has 0 aliphatic carbocycles. The van der Waals surface area contributed by atoms with E-state index in [1.54, 1.807) is 0 Å². The number of hydrogen-bond donors (Lipinski definition) is 2. The SMILES string of the molecule is COC(=O)C(O)(CC(=O)Nc1ccc(Br)cc1F)C(F)(F)F. The third kappa shape index (κ3) is 3.95. The first-order chi connectivity index (χ1) is 10.0. The Balaban J connectivity index is 2.95. The van der Waals surface area contributed by atoms with Gasteiger partial charge in [0.2, 0.25) is 5.91 Å². The van der Waals surface area contributed by atoms with E-state index in [9.17, 15) is 32.3 Å². The quantitative estimate of drug-likeness (QED) is 0.614. The average Bonchev–Trinajstić information content (AvgIpc) is 2.39. The van der Waals surface area contributed by atoms with E-state index in [1.807, 2.05) is 5.32 Å². The number of amides is 1. The summed E-state index contributed by atoms with van der Waals surface area (Å²) in [4.78, 5) is 22.7. The van der Waals surface area contributed by atoms with Crippen LogP contribution < -0.4 is 5.32 Å². The molecule has 5 nitrogen and oxygen atoms in total. The average molecular weight is 388 g/mol. The number of carbonyl (C=O) groups excluding carboxylic acids is 2. The Kier molecular flexibility index (Phi) is 5.52. The number of halogens is 5. The second-order valence-corrected chi connectivity index (χ2v) is 5.11. The summed E-state index contributed by atoms with van der Waals surface area (Å²) < 4.78 is 56.0. The number of ether oxygens (including phenoxy) is 1. The summed E-state index contributed by atoms with van der Waals surface area (Å²) in [6.45, 7) is 0. The molecule has 1 rings (SSSR count). The lowest BCUT2D eigenvalue weighted by Crippen LogP contribution is -2.54. The van der Waals surface area contributed by atoms with Crippen molar-refractivity contribution in [2.45, 2.75) is 18.2 Å². The van der Waals surface area contributed by atoms with Gasteiger partial charge < -0.3 is 15.2 Å². The second-order valence-electron chi connectivity index (χ2n) is 4.20. The van der Waals surface area contributed by atoms with Gasteiger partial charge in [0.05, 0.1) is 19.2 Å². The Morgan fingerprint density at radius 3 is 2.41 bits per heavy atom. The highest BCUT2D eigenvalue weighted by atomic mass is 79.9. The third-order valence-electron chi connectivity index (χ3n) is 2.61. The highest BCUT2D eigenvalue weighted by Crippen LogP contribution is 2.34. The van der Waals surface area contributed by atoms with Crippen molar-refractivity contribution in [3.63, 3.8) is 0 Å². The largest absolute Gasteiger partial charge is 0.467 e. The van der Waals surface area contributed by atoms with Crippen LogP contribution in [0.1, 0.15) is 6.42 Å². The van der Waals surface area contributed by atoms with Crippen molar-refractivity contribution >= 4 is 33.5 Å². The normalized spacial score (nSPS) is 14.1. The monoisotopic (exact) mass is 387 g/mol. The smallest absolute Gasteiger partial charge is 0.428 e. The number of methoxy groups -OCH3 is 1. The zero-order valence-electron chi connectivity index (χ0n) is 11.0. The Morgan fingerprint density at radius 1 is 1.36 bits per heavy atom. The maximum absolute atomic E-state index is 13.5. The van der Waals surface area contributed by atoms with Crippen LogP contribution in [-0.4, -0.2) is 35.9 Å². The number of alkyl halides is 3. The van der Waals surface area contributed by atoms with Gasteiger partial charge in [-0.15, -0.1) is 0 Å². The van der Waals surface area contributed by atoms with Crippen LogP contribution in [0.15, 0.2) is 22.7 Å². The Labute approximate surface area is 130 Å². The molecule has 0 radical (unpaired) electrons. The molecule has 0 spiro atoms. The molecule has 0 aromatic heterocycles. The van der Waals surface area contributed by atoms with Crippen LogP contribution in [0.2, 0.25) is 0 Å². The zero-order valence-corrected chi connectivity index (χ0v) is 12.6. The number of hydrogen-bond acceptors (Lipinski definition) is 4. The molecule has 0 heterocycles. The van der Waals surface area contributed by atoms with Crippen LogP contribution in [0, 0.1) is 5.82 Å². The van der Waals surface area contributed by atoms with Crippen LogP contribution in [0.3, 0.4) is 0 Å². The standard InChI is InChI=1S/C12H10BrF4NO4/c1-22-10(20)11(21,12(15,16)17)5-9(19)18-8-3-2-6(13)4-7(8)14/h2-4,21H,5H2,1H3,(H,18,19). The summed E-state index contributed by atoms with van der Waals surface area (Å²) in [5.41, 5.74) is -4.42. The van der Waals surface area contributed by atoms with Crippen LogP contribution in [0.4, 0.5) is 23.2 Å². The van der Waals surface area contributed by atoms with Crippen molar-refractivity contribution < 1.29 is 37.0 Å². The highest BCUT2D eigenvalue weighted by Gasteiger charge is 2.61. The minimum Gasteiger partial charge on any atom is -0.467 e. The van der Waals surface area contributed by atoms with E-state index in [0.29, 0.717) is 11.6 Å². The summed E-state index contributed by atoms with van der Waals surface area (Å²) in [7, 11) is 0.630. The first-order valence-electron chi connectivity index (χ1n) is 5.63. The van der Waals surface area contributed by atoms with Gasteiger partial charge in [-0.2, -0.15) is 13.2 Å². The van der Waals surface area contributed by atoms with Crippen molar-refractivity contribution in [2.75, 3.05) is 12.4 Å². The fourth-order valence-electron chi connectivity index (χ4n) is 1.47. The summed E-state index contributed by atoms with van der Waals surface area (Å²) in [5.74, 6) is -4.35. The van der Waals surface area contributed by atoms with Gasteiger partial charge in [-0.3, -0.25) is 4.79 Å². The molecule has 0 saturated carbocycles. The minimum atomic E-state index is -5.43. The van der Waals surface area contributed by atoms with Crippen LogP contribution >= 0.6 is 15.9 Å². The van der Waals surface area contributed by atoms with E-state index in [1.165, 1.54) is 6.07 Å². The lowest BCUT2D eigenvalue weighted by Gasteiger charge is -2.26. The van der Waals surface area contributed by atoms with E-state index in [2.05, 4.69) is 20.7 Å². The summed E-state index contributed by atoms with van der Waals surface area (Å²) in [5, 5.41) is 11.3. The topological polar surface area (TPSA) is 75.6 Å². The molecular formula is C12H10BrF4NO4. The number of rotatable bonds is 4. The molecule has 0 aliphatic rings. The maximum Gasteiger partial charge on any atom is 0.428 e. The van der Waals surface area contributed by atoms with Gasteiger partial charge in [0.15, 0.2) is 0 Å². The van der Waals surface area contributed by atoms with Gasteiger partial charge in [0.1, 0.15) is 5.82 Å². The molecule has 0 saturated heterocycles. The molecule has 0 aliphatic heterocycles. The summed E-state index contributed by atoms with van der Waals surface area (Å²) >= 11 is 2.96. The lowest BCUT2D eigenvalue weighted by molar-refractivity contribution is -0.261. The Bertz CT molecular complexity index is 593. The van der Waals surface area contributed by atoms with Gasteiger partial charge in [-0.25, -0.2) is 9.18 Å². The number of esters is 1. The number of benzene rings is 1. The van der Waals surface area contributed by atoms with Crippen molar-refractivity contribution in [3.8, 4) is 0 Å². The highest BCUT2D eigenvalue weighted by molar-refractivity contribution is 9.10. The van der Waals surface area contributed by atoms with Gasteiger partial charge >= 0.3 is 12.1 Å². The van der Waals surface area contributed by atoms with Gasteiger partial charge in [-0.1, -0.05) is 15.9 Å². The van der Waals surface area contributed by atoms with E-state index >= 15 is 0 Å². The first-order valence-corrected chi connectivity index (χ1v) is 6.43. The molecule has 2 N–H and O–H groups in total. The van der Waals surface area contributed by atoms with E-state index < -0.39 is 41.6 Å². The molecule has 1 atom stereocenters. The summed E-state index contributed by atoms with van der Waals surface area (Å²) in [6, 6.07) is 3.42. The minimum absolute atomic E-state index is 0.351. The van der Waals surface area contributed by atoms with Crippen LogP contribution in [0.5, 0.6) is 0 Å².